The Morgan fingerprint density at radius 3 is 2.79 bits per heavy atom. The van der Waals surface area contributed by atoms with Gasteiger partial charge in [-0.15, -0.1) is 10.2 Å². The average Bonchev–Trinajstić information content (AvgIpc) is 3.27. The Bertz CT molecular complexity index is 1020. The van der Waals surface area contributed by atoms with Crippen LogP contribution in [0.3, 0.4) is 0 Å². The van der Waals surface area contributed by atoms with Crippen molar-refractivity contribution in [2.75, 3.05) is 25.0 Å². The third-order valence-electron chi connectivity index (χ3n) is 5.37. The van der Waals surface area contributed by atoms with E-state index in [1.54, 1.807) is 0 Å². The molecular formula is C21H28N6OS. The van der Waals surface area contributed by atoms with Crippen LogP contribution in [-0.4, -0.2) is 50.2 Å². The van der Waals surface area contributed by atoms with E-state index in [1.165, 1.54) is 11.3 Å². The van der Waals surface area contributed by atoms with E-state index >= 15 is 0 Å². The molecule has 4 rings (SSSR count). The third-order valence-corrected chi connectivity index (χ3v) is 6.64. The van der Waals surface area contributed by atoms with Gasteiger partial charge in [-0.05, 0) is 31.5 Å². The average molecular weight is 413 g/mol. The maximum atomic E-state index is 12.6. The molecule has 0 unspecified atom stereocenters. The van der Waals surface area contributed by atoms with E-state index in [1.807, 2.05) is 12.1 Å². The van der Waals surface area contributed by atoms with Crippen molar-refractivity contribution in [1.29, 1.82) is 0 Å². The first-order valence-electron chi connectivity index (χ1n) is 10.1. The van der Waals surface area contributed by atoms with Crippen molar-refractivity contribution in [2.24, 2.45) is 7.05 Å². The van der Waals surface area contributed by atoms with Crippen LogP contribution in [0.5, 0.6) is 0 Å². The maximum Gasteiger partial charge on any atom is 0.240 e. The molecular weight excluding hydrogens is 384 g/mol. The zero-order valence-corrected chi connectivity index (χ0v) is 18.3. The second-order valence-electron chi connectivity index (χ2n) is 8.80. The molecule has 0 bridgehead atoms. The number of nitrogens with zero attached hydrogens (tertiary/aromatic N) is 5. The summed E-state index contributed by atoms with van der Waals surface area (Å²) in [6.45, 7) is 8.41. The van der Waals surface area contributed by atoms with Crippen molar-refractivity contribution in [3.8, 4) is 0 Å². The molecule has 29 heavy (non-hydrogen) atoms. The highest BCUT2D eigenvalue weighted by atomic mass is 32.1. The molecule has 2 aromatic heterocycles. The van der Waals surface area contributed by atoms with Gasteiger partial charge in [0, 0.05) is 24.9 Å². The molecule has 1 aromatic carbocycles. The molecule has 3 heterocycles. The van der Waals surface area contributed by atoms with E-state index in [2.05, 4.69) is 64.9 Å². The van der Waals surface area contributed by atoms with Crippen LogP contribution in [-0.2, 0) is 17.3 Å². The summed E-state index contributed by atoms with van der Waals surface area (Å²) in [5.74, 6) is 1.41. The van der Waals surface area contributed by atoms with E-state index in [9.17, 15) is 4.79 Å². The van der Waals surface area contributed by atoms with Crippen LogP contribution in [0.4, 0.5) is 5.13 Å². The van der Waals surface area contributed by atoms with Crippen LogP contribution >= 0.6 is 11.3 Å². The number of rotatable bonds is 4. The van der Waals surface area contributed by atoms with Gasteiger partial charge in [0.1, 0.15) is 10.8 Å². The number of likely N-dealkylation sites (tertiary alicyclic amines) is 1. The highest BCUT2D eigenvalue weighted by molar-refractivity contribution is 7.15. The number of anilines is 1. The number of amides is 1. The summed E-state index contributed by atoms with van der Waals surface area (Å²) in [6.07, 6.45) is 2.16. The van der Waals surface area contributed by atoms with Crippen LogP contribution in [0, 0.1) is 0 Å². The van der Waals surface area contributed by atoms with Crippen molar-refractivity contribution < 1.29 is 4.79 Å². The van der Waals surface area contributed by atoms with Gasteiger partial charge < -0.3 is 4.57 Å². The summed E-state index contributed by atoms with van der Waals surface area (Å²) < 4.78 is 2.19. The summed E-state index contributed by atoms with van der Waals surface area (Å²) >= 11 is 1.45. The molecule has 1 N–H and O–H groups in total. The van der Waals surface area contributed by atoms with Gasteiger partial charge in [0.2, 0.25) is 11.0 Å². The molecule has 0 radical (unpaired) electrons. The van der Waals surface area contributed by atoms with Crippen molar-refractivity contribution >= 4 is 33.4 Å². The minimum Gasteiger partial charge on any atom is -0.331 e. The number of fused-ring (bicyclic) bond motifs is 1. The van der Waals surface area contributed by atoms with E-state index < -0.39 is 0 Å². The van der Waals surface area contributed by atoms with Gasteiger partial charge in [0.15, 0.2) is 0 Å². The standard InChI is InChI=1S/C21H28N6OS/c1-21(2,3)19-24-25-20(29-19)23-17(28)13-27-11-7-8-14(12-27)18-22-15-9-5-6-10-16(15)26(18)4/h5-6,9-10,14H,7-8,11-13H2,1-4H3,(H,23,25,28)/t14-/m0/s1. The number of piperidine rings is 1. The fraction of sp³-hybridized carbons (Fsp3) is 0.524. The normalized spacial score (nSPS) is 18.3. The maximum absolute atomic E-state index is 12.6. The topological polar surface area (TPSA) is 75.9 Å². The molecule has 1 saturated heterocycles. The molecule has 0 aliphatic carbocycles. The molecule has 0 saturated carbocycles. The molecule has 0 spiro atoms. The molecule has 1 fully saturated rings. The summed E-state index contributed by atoms with van der Waals surface area (Å²) in [5.41, 5.74) is 2.13. The largest absolute Gasteiger partial charge is 0.331 e. The minimum absolute atomic E-state index is 0.0349. The van der Waals surface area contributed by atoms with Crippen molar-refractivity contribution in [3.63, 3.8) is 0 Å². The summed E-state index contributed by atoms with van der Waals surface area (Å²) in [7, 11) is 2.08. The molecule has 1 aliphatic rings. The lowest BCUT2D eigenvalue weighted by Crippen LogP contribution is -2.40. The Balaban J connectivity index is 1.40. The number of hydrogen-bond acceptors (Lipinski definition) is 6. The van der Waals surface area contributed by atoms with Gasteiger partial charge in [0.25, 0.3) is 0 Å². The number of para-hydroxylation sites is 2. The fourth-order valence-corrected chi connectivity index (χ4v) is 4.70. The van der Waals surface area contributed by atoms with Crippen LogP contribution in [0.2, 0.25) is 0 Å². The minimum atomic E-state index is -0.0631. The Kier molecular flexibility index (Phi) is 5.40. The van der Waals surface area contributed by atoms with Gasteiger partial charge in [-0.3, -0.25) is 15.0 Å². The van der Waals surface area contributed by atoms with E-state index in [4.69, 9.17) is 4.98 Å². The predicted octanol–water partition coefficient (Wildman–Crippen LogP) is 3.54. The van der Waals surface area contributed by atoms with Crippen LogP contribution in [0.15, 0.2) is 24.3 Å². The van der Waals surface area contributed by atoms with Crippen LogP contribution < -0.4 is 5.32 Å². The molecule has 1 aliphatic heterocycles. The zero-order valence-electron chi connectivity index (χ0n) is 17.5. The Morgan fingerprint density at radius 2 is 2.07 bits per heavy atom. The van der Waals surface area contributed by atoms with Gasteiger partial charge in [-0.25, -0.2) is 4.98 Å². The molecule has 1 amide bonds. The smallest absolute Gasteiger partial charge is 0.240 e. The number of carbonyl (C=O) groups excluding carboxylic acids is 1. The number of aryl methyl sites for hydroxylation is 1. The van der Waals surface area contributed by atoms with Crippen molar-refractivity contribution in [1.82, 2.24) is 24.6 Å². The quantitative estimate of drug-likeness (QED) is 0.709. The highest BCUT2D eigenvalue weighted by Gasteiger charge is 2.27. The second kappa shape index (κ2) is 7.84. The first kappa shape index (κ1) is 20.0. The molecule has 154 valence electrons. The number of nitrogens with one attached hydrogen (secondary N) is 1. The summed E-state index contributed by atoms with van der Waals surface area (Å²) in [5, 5.41) is 12.7. The number of imidazole rings is 1. The Hall–Kier alpha value is -2.32. The summed E-state index contributed by atoms with van der Waals surface area (Å²) in [6, 6.07) is 8.23. The number of aromatic nitrogens is 4. The molecule has 8 heteroatoms. The lowest BCUT2D eigenvalue weighted by Gasteiger charge is -2.31. The highest BCUT2D eigenvalue weighted by Crippen LogP contribution is 2.29. The SMILES string of the molecule is Cn1c([C@H]2CCCN(CC(=O)Nc3nnc(C(C)(C)C)s3)C2)nc2ccccc21. The van der Waals surface area contributed by atoms with E-state index in [0.717, 1.165) is 47.8 Å². The number of benzene rings is 1. The van der Waals surface area contributed by atoms with Crippen LogP contribution in [0.25, 0.3) is 11.0 Å². The Labute approximate surface area is 175 Å². The number of carbonyl (C=O) groups is 1. The van der Waals surface area contributed by atoms with Crippen molar-refractivity contribution in [3.05, 3.63) is 35.1 Å². The van der Waals surface area contributed by atoms with Crippen LogP contribution in [0.1, 0.15) is 50.4 Å². The molecule has 1 atom stereocenters. The van der Waals surface area contributed by atoms with Gasteiger partial charge >= 0.3 is 0 Å². The van der Waals surface area contributed by atoms with Crippen molar-refractivity contribution in [2.45, 2.75) is 44.9 Å². The summed E-state index contributed by atoms with van der Waals surface area (Å²) in [4.78, 5) is 19.6. The molecule has 3 aromatic rings. The zero-order chi connectivity index (χ0) is 20.6. The molecule has 7 nitrogen and oxygen atoms in total. The van der Waals surface area contributed by atoms with Gasteiger partial charge in [0.05, 0.1) is 17.6 Å². The number of hydrogen-bond donors (Lipinski definition) is 1. The lowest BCUT2D eigenvalue weighted by atomic mass is 9.97. The second-order valence-corrected chi connectivity index (χ2v) is 9.78. The lowest BCUT2D eigenvalue weighted by molar-refractivity contribution is -0.117. The van der Waals surface area contributed by atoms with Gasteiger partial charge in [-0.1, -0.05) is 44.2 Å². The first-order valence-corrected chi connectivity index (χ1v) is 10.9. The predicted molar refractivity (Wildman–Crippen MR) is 116 cm³/mol. The fourth-order valence-electron chi connectivity index (χ4n) is 3.88. The monoisotopic (exact) mass is 412 g/mol. The van der Waals surface area contributed by atoms with E-state index in [0.29, 0.717) is 17.6 Å². The third kappa shape index (κ3) is 4.33. The first-order chi connectivity index (χ1) is 13.8. The van der Waals surface area contributed by atoms with E-state index in [-0.39, 0.29) is 11.3 Å². The Morgan fingerprint density at radius 1 is 1.28 bits per heavy atom. The van der Waals surface area contributed by atoms with Gasteiger partial charge in [-0.2, -0.15) is 0 Å².